The van der Waals surface area contributed by atoms with Crippen molar-refractivity contribution in [2.75, 3.05) is 0 Å². The van der Waals surface area contributed by atoms with Crippen LogP contribution in [0.2, 0.25) is 0 Å². The first-order valence-corrected chi connectivity index (χ1v) is 5.64. The Morgan fingerprint density at radius 3 is 2.47 bits per heavy atom. The molecule has 0 saturated carbocycles. The first-order valence-electron chi connectivity index (χ1n) is 4.85. The topological polar surface area (TPSA) is 72.3 Å². The summed E-state index contributed by atoms with van der Waals surface area (Å²) in [4.78, 5) is 17.7. The molecule has 0 aliphatic heterocycles. The molecule has 98 valence electrons. The predicted octanol–water partition coefficient (Wildman–Crippen LogP) is 3.01. The number of aromatic carboxylic acids is 1. The standard InChI is InChI=1S/C11H5BrF2N2O3/c12-6-1-7(13)9(14)8(2-6)19-11-15-3-5(4-16-11)10(17)18/h1-4H,(H,17,18). The number of rotatable bonds is 3. The summed E-state index contributed by atoms with van der Waals surface area (Å²) in [6, 6.07) is 1.85. The van der Waals surface area contributed by atoms with Gasteiger partial charge in [0.1, 0.15) is 0 Å². The van der Waals surface area contributed by atoms with Crippen molar-refractivity contribution in [1.29, 1.82) is 0 Å². The number of ether oxygens (including phenoxy) is 1. The number of carboxylic acids is 1. The summed E-state index contributed by atoms with van der Waals surface area (Å²) in [7, 11) is 0. The second kappa shape index (κ2) is 5.27. The molecule has 0 atom stereocenters. The van der Waals surface area contributed by atoms with E-state index >= 15 is 0 Å². The third-order valence-corrected chi connectivity index (χ3v) is 2.49. The smallest absolute Gasteiger partial charge is 0.338 e. The Bertz CT molecular complexity index is 635. The maximum atomic E-state index is 13.4. The molecule has 8 heteroatoms. The molecule has 0 radical (unpaired) electrons. The van der Waals surface area contributed by atoms with E-state index in [1.165, 1.54) is 6.07 Å². The van der Waals surface area contributed by atoms with Gasteiger partial charge >= 0.3 is 12.0 Å². The van der Waals surface area contributed by atoms with E-state index in [1.807, 2.05) is 0 Å². The number of hydrogen-bond donors (Lipinski definition) is 1. The van der Waals surface area contributed by atoms with Gasteiger partial charge in [0.05, 0.1) is 5.56 Å². The van der Waals surface area contributed by atoms with Gasteiger partial charge in [0.15, 0.2) is 11.6 Å². The maximum absolute atomic E-state index is 13.4. The summed E-state index contributed by atoms with van der Waals surface area (Å²) in [5.41, 5.74) is -0.145. The lowest BCUT2D eigenvalue weighted by Crippen LogP contribution is -2.01. The summed E-state index contributed by atoms with van der Waals surface area (Å²) >= 11 is 2.99. The first-order chi connectivity index (χ1) is 8.97. The van der Waals surface area contributed by atoms with Crippen LogP contribution in [0.4, 0.5) is 8.78 Å². The molecular formula is C11H5BrF2N2O3. The highest BCUT2D eigenvalue weighted by Gasteiger charge is 2.13. The fraction of sp³-hybridized carbons (Fsp3) is 0. The number of nitrogens with zero attached hydrogens (tertiary/aromatic N) is 2. The van der Waals surface area contributed by atoms with Crippen molar-refractivity contribution in [3.63, 3.8) is 0 Å². The van der Waals surface area contributed by atoms with Gasteiger partial charge in [-0.05, 0) is 12.1 Å². The van der Waals surface area contributed by atoms with Gasteiger partial charge in [-0.1, -0.05) is 15.9 Å². The number of hydrogen-bond acceptors (Lipinski definition) is 4. The zero-order valence-corrected chi connectivity index (χ0v) is 10.7. The van der Waals surface area contributed by atoms with E-state index in [0.29, 0.717) is 0 Å². The Morgan fingerprint density at radius 1 is 1.26 bits per heavy atom. The first kappa shape index (κ1) is 13.3. The highest BCUT2D eigenvalue weighted by atomic mass is 79.9. The molecule has 5 nitrogen and oxygen atoms in total. The Hall–Kier alpha value is -2.09. The molecule has 0 unspecified atom stereocenters. The normalized spacial score (nSPS) is 10.3. The Morgan fingerprint density at radius 2 is 1.89 bits per heavy atom. The van der Waals surface area contributed by atoms with Crippen LogP contribution in [-0.2, 0) is 0 Å². The average molecular weight is 331 g/mol. The lowest BCUT2D eigenvalue weighted by atomic mass is 10.3. The molecule has 0 fully saturated rings. The molecule has 1 heterocycles. The number of carboxylic acid groups (broad SMARTS) is 1. The van der Waals surface area contributed by atoms with Crippen molar-refractivity contribution in [2.24, 2.45) is 0 Å². The minimum atomic E-state index is -1.20. The van der Waals surface area contributed by atoms with Crippen molar-refractivity contribution in [3.8, 4) is 11.8 Å². The van der Waals surface area contributed by atoms with Gasteiger partial charge in [0, 0.05) is 16.9 Å². The molecule has 0 bridgehead atoms. The van der Waals surface area contributed by atoms with Crippen LogP contribution < -0.4 is 4.74 Å². The van der Waals surface area contributed by atoms with E-state index in [-0.39, 0.29) is 16.0 Å². The maximum Gasteiger partial charge on any atom is 0.338 e. The van der Waals surface area contributed by atoms with Crippen LogP contribution in [0.25, 0.3) is 0 Å². The fourth-order valence-corrected chi connectivity index (χ4v) is 1.59. The van der Waals surface area contributed by atoms with Crippen molar-refractivity contribution in [3.05, 3.63) is 46.2 Å². The zero-order chi connectivity index (χ0) is 14.0. The molecule has 1 aromatic carbocycles. The summed E-state index contributed by atoms with van der Waals surface area (Å²) in [5, 5.41) is 8.65. The van der Waals surface area contributed by atoms with Crippen molar-refractivity contribution in [1.82, 2.24) is 9.97 Å². The van der Waals surface area contributed by atoms with Crippen LogP contribution >= 0.6 is 15.9 Å². The minimum Gasteiger partial charge on any atom is -0.478 e. The van der Waals surface area contributed by atoms with Crippen LogP contribution in [0.15, 0.2) is 29.0 Å². The Balaban J connectivity index is 2.28. The molecule has 0 aliphatic rings. The second-order valence-corrected chi connectivity index (χ2v) is 4.28. The van der Waals surface area contributed by atoms with E-state index in [1.54, 1.807) is 0 Å². The fourth-order valence-electron chi connectivity index (χ4n) is 1.18. The second-order valence-electron chi connectivity index (χ2n) is 3.36. The average Bonchev–Trinajstić information content (AvgIpc) is 2.36. The van der Waals surface area contributed by atoms with Gasteiger partial charge in [-0.25, -0.2) is 19.2 Å². The Labute approximate surface area is 114 Å². The predicted molar refractivity (Wildman–Crippen MR) is 63.1 cm³/mol. The van der Waals surface area contributed by atoms with Crippen molar-refractivity contribution >= 4 is 21.9 Å². The van der Waals surface area contributed by atoms with E-state index in [4.69, 9.17) is 9.84 Å². The lowest BCUT2D eigenvalue weighted by Gasteiger charge is -2.06. The van der Waals surface area contributed by atoms with Gasteiger partial charge in [-0.3, -0.25) is 0 Å². The SMILES string of the molecule is O=C(O)c1cnc(Oc2cc(Br)cc(F)c2F)nc1. The largest absolute Gasteiger partial charge is 0.478 e. The molecule has 1 aromatic heterocycles. The number of halogens is 3. The molecular weight excluding hydrogens is 326 g/mol. The van der Waals surface area contributed by atoms with E-state index in [2.05, 4.69) is 25.9 Å². The number of benzene rings is 1. The van der Waals surface area contributed by atoms with Gasteiger partial charge in [0.25, 0.3) is 0 Å². The van der Waals surface area contributed by atoms with Crippen LogP contribution in [0.1, 0.15) is 10.4 Å². The van der Waals surface area contributed by atoms with Crippen molar-refractivity contribution < 1.29 is 23.4 Å². The summed E-state index contributed by atoms with van der Waals surface area (Å²) in [6.45, 7) is 0. The van der Waals surface area contributed by atoms with Crippen molar-refractivity contribution in [2.45, 2.75) is 0 Å². The molecule has 2 aromatic rings. The van der Waals surface area contributed by atoms with E-state index < -0.39 is 23.4 Å². The minimum absolute atomic E-state index is 0.145. The van der Waals surface area contributed by atoms with E-state index in [9.17, 15) is 13.6 Å². The molecule has 1 N–H and O–H groups in total. The Kier molecular flexibility index (Phi) is 3.70. The highest BCUT2D eigenvalue weighted by molar-refractivity contribution is 9.10. The lowest BCUT2D eigenvalue weighted by molar-refractivity contribution is 0.0696. The van der Waals surface area contributed by atoms with Crippen LogP contribution in [-0.4, -0.2) is 21.0 Å². The van der Waals surface area contributed by atoms with Gasteiger partial charge in [-0.15, -0.1) is 0 Å². The third kappa shape index (κ3) is 3.02. The molecule has 0 spiro atoms. The third-order valence-electron chi connectivity index (χ3n) is 2.04. The molecule has 2 rings (SSSR count). The van der Waals surface area contributed by atoms with Crippen LogP contribution in [0, 0.1) is 11.6 Å². The highest BCUT2D eigenvalue weighted by Crippen LogP contribution is 2.27. The molecule has 0 aliphatic carbocycles. The van der Waals surface area contributed by atoms with E-state index in [0.717, 1.165) is 18.5 Å². The number of carbonyl (C=O) groups is 1. The van der Waals surface area contributed by atoms with Crippen LogP contribution in [0.3, 0.4) is 0 Å². The molecule has 0 saturated heterocycles. The summed E-state index contributed by atoms with van der Waals surface area (Å²) in [6.07, 6.45) is 1.99. The quantitative estimate of drug-likeness (QED) is 0.876. The molecule has 19 heavy (non-hydrogen) atoms. The van der Waals surface area contributed by atoms with Crippen LogP contribution in [0.5, 0.6) is 11.8 Å². The monoisotopic (exact) mass is 330 g/mol. The van der Waals surface area contributed by atoms with Gasteiger partial charge in [0.2, 0.25) is 5.82 Å². The molecule has 0 amide bonds. The summed E-state index contributed by atoms with van der Waals surface area (Å²) in [5.74, 6) is -3.89. The van der Waals surface area contributed by atoms with Gasteiger partial charge < -0.3 is 9.84 Å². The summed E-state index contributed by atoms with van der Waals surface area (Å²) < 4.78 is 31.7. The zero-order valence-electron chi connectivity index (χ0n) is 9.10. The van der Waals surface area contributed by atoms with Gasteiger partial charge in [-0.2, -0.15) is 4.39 Å². The number of aromatic nitrogens is 2.